The fraction of sp³-hybridized carbons (Fsp3) is 0.938. The lowest BCUT2D eigenvalue weighted by Gasteiger charge is -2.02. The molecule has 0 aliphatic heterocycles. The van der Waals surface area contributed by atoms with E-state index in [0.717, 1.165) is 25.7 Å². The molecule has 2 nitrogen and oxygen atoms in total. The molecule has 0 saturated heterocycles. The van der Waals surface area contributed by atoms with Crippen LogP contribution in [0.5, 0.6) is 0 Å². The summed E-state index contributed by atoms with van der Waals surface area (Å²) in [6.45, 7) is -0.160. The van der Waals surface area contributed by atoms with Crippen molar-refractivity contribution in [3.63, 3.8) is 0 Å². The number of carbonyl (C=O) groups is 1. The SMILES string of the molecule is O=C(O)CCCCCCCCCCCCCCC[18F]. The first-order valence-corrected chi connectivity index (χ1v) is 8.05. The van der Waals surface area contributed by atoms with Gasteiger partial charge in [-0.3, -0.25) is 9.18 Å². The number of alkyl halides is 1. The summed E-state index contributed by atoms with van der Waals surface area (Å²) in [5, 5.41) is 8.49. The Labute approximate surface area is 117 Å². The maximum absolute atomic E-state index is 11.8. The molecule has 0 saturated carbocycles. The van der Waals surface area contributed by atoms with E-state index in [1.165, 1.54) is 57.8 Å². The molecule has 1 N–H and O–H groups in total. The first kappa shape index (κ1) is 18.4. The molecule has 0 heterocycles. The summed E-state index contributed by atoms with van der Waals surface area (Å²) in [5.74, 6) is -0.675. The van der Waals surface area contributed by atoms with E-state index in [2.05, 4.69) is 0 Å². The lowest BCUT2D eigenvalue weighted by atomic mass is 10.0. The van der Waals surface area contributed by atoms with Gasteiger partial charge in [-0.05, 0) is 12.8 Å². The van der Waals surface area contributed by atoms with Crippen molar-refractivity contribution < 1.29 is 14.3 Å². The molecule has 114 valence electrons. The highest BCUT2D eigenvalue weighted by atomic mass is 18.2. The number of hydrogen-bond donors (Lipinski definition) is 1. The normalized spacial score (nSPS) is 10.8. The maximum atomic E-state index is 11.8. The second kappa shape index (κ2) is 15.5. The topological polar surface area (TPSA) is 37.3 Å². The largest absolute Gasteiger partial charge is 0.481 e. The molecule has 0 bridgehead atoms. The molecule has 0 aromatic carbocycles. The molecule has 0 aliphatic rings. The Balaban J connectivity index is 2.93. The van der Waals surface area contributed by atoms with E-state index in [1.54, 1.807) is 0 Å². The minimum absolute atomic E-state index is 0.160. The summed E-state index contributed by atoms with van der Waals surface area (Å²) < 4.78 is 11.8. The number of hydrogen-bond acceptors (Lipinski definition) is 1. The third-order valence-corrected chi connectivity index (χ3v) is 3.52. The van der Waals surface area contributed by atoms with E-state index >= 15 is 0 Å². The van der Waals surface area contributed by atoms with Crippen molar-refractivity contribution in [2.45, 2.75) is 89.9 Å². The van der Waals surface area contributed by atoms with Crippen LogP contribution < -0.4 is 0 Å². The van der Waals surface area contributed by atoms with Gasteiger partial charge in [0.2, 0.25) is 0 Å². The first-order valence-electron chi connectivity index (χ1n) is 8.05. The number of carboxylic acids is 1. The minimum Gasteiger partial charge on any atom is -0.481 e. The Hall–Kier alpha value is -0.600. The molecule has 0 aliphatic carbocycles. The Kier molecular flexibility index (Phi) is 15.0. The van der Waals surface area contributed by atoms with Crippen molar-refractivity contribution >= 4 is 5.97 Å². The van der Waals surface area contributed by atoms with Gasteiger partial charge < -0.3 is 5.11 Å². The van der Waals surface area contributed by atoms with Crippen LogP contribution in [0.1, 0.15) is 89.9 Å². The second-order valence-electron chi connectivity index (χ2n) is 5.43. The van der Waals surface area contributed by atoms with Crippen molar-refractivity contribution in [3.05, 3.63) is 0 Å². The third-order valence-electron chi connectivity index (χ3n) is 3.52. The van der Waals surface area contributed by atoms with E-state index in [1.807, 2.05) is 0 Å². The second-order valence-corrected chi connectivity index (χ2v) is 5.43. The number of halogens is 1. The smallest absolute Gasteiger partial charge is 0.303 e. The van der Waals surface area contributed by atoms with Crippen LogP contribution in [0.15, 0.2) is 0 Å². The van der Waals surface area contributed by atoms with Gasteiger partial charge in [-0.25, -0.2) is 0 Å². The minimum atomic E-state index is -0.675. The summed E-state index contributed by atoms with van der Waals surface area (Å²) >= 11 is 0. The summed E-state index contributed by atoms with van der Waals surface area (Å²) in [6, 6.07) is 0. The molecule has 0 aromatic heterocycles. The molecule has 0 aromatic rings. The summed E-state index contributed by atoms with van der Waals surface area (Å²) in [6.07, 6.45) is 15.4. The molecule has 0 atom stereocenters. The number of carboxylic acid groups (broad SMARTS) is 1. The van der Waals surface area contributed by atoms with Crippen LogP contribution >= 0.6 is 0 Å². The van der Waals surface area contributed by atoms with Gasteiger partial charge in [0.1, 0.15) is 0 Å². The quantitative estimate of drug-likeness (QED) is 0.400. The first-order chi connectivity index (χ1) is 9.27. The number of unbranched alkanes of at least 4 members (excludes halogenated alkanes) is 12. The monoisotopic (exact) mass is 273 g/mol. The van der Waals surface area contributed by atoms with Gasteiger partial charge in [0.05, 0.1) is 6.67 Å². The van der Waals surface area contributed by atoms with Crippen LogP contribution in [0.2, 0.25) is 0 Å². The van der Waals surface area contributed by atoms with E-state index in [-0.39, 0.29) is 6.67 Å². The van der Waals surface area contributed by atoms with Gasteiger partial charge in [0, 0.05) is 6.42 Å². The van der Waals surface area contributed by atoms with E-state index in [0.29, 0.717) is 6.42 Å². The van der Waals surface area contributed by atoms with Crippen LogP contribution in [-0.4, -0.2) is 17.8 Å². The highest BCUT2D eigenvalue weighted by Gasteiger charge is 1.97. The van der Waals surface area contributed by atoms with Crippen molar-refractivity contribution in [2.24, 2.45) is 0 Å². The van der Waals surface area contributed by atoms with Crippen LogP contribution in [0.25, 0.3) is 0 Å². The van der Waals surface area contributed by atoms with Gasteiger partial charge in [-0.15, -0.1) is 0 Å². The lowest BCUT2D eigenvalue weighted by Crippen LogP contribution is -1.93. The van der Waals surface area contributed by atoms with E-state index < -0.39 is 5.97 Å². The van der Waals surface area contributed by atoms with Crippen LogP contribution in [-0.2, 0) is 4.79 Å². The Bertz CT molecular complexity index is 195. The molecule has 0 unspecified atom stereocenters. The Morgan fingerprint density at radius 2 is 0.947 bits per heavy atom. The Morgan fingerprint density at radius 3 is 1.26 bits per heavy atom. The summed E-state index contributed by atoms with van der Waals surface area (Å²) in [7, 11) is 0. The van der Waals surface area contributed by atoms with E-state index in [9.17, 15) is 9.18 Å². The maximum Gasteiger partial charge on any atom is 0.303 e. The molecule has 0 fully saturated rings. The molecule has 19 heavy (non-hydrogen) atoms. The molecule has 0 spiro atoms. The van der Waals surface area contributed by atoms with Crippen LogP contribution in [0.3, 0.4) is 0 Å². The zero-order valence-corrected chi connectivity index (χ0v) is 12.3. The fourth-order valence-electron chi connectivity index (χ4n) is 2.32. The van der Waals surface area contributed by atoms with Crippen LogP contribution in [0.4, 0.5) is 4.39 Å². The molecule has 0 rings (SSSR count). The highest BCUT2D eigenvalue weighted by molar-refractivity contribution is 5.66. The third kappa shape index (κ3) is 17.4. The average Bonchev–Trinajstić information content (AvgIpc) is 2.39. The summed E-state index contributed by atoms with van der Waals surface area (Å²) in [5.41, 5.74) is 0. The predicted molar refractivity (Wildman–Crippen MR) is 78.2 cm³/mol. The van der Waals surface area contributed by atoms with Crippen molar-refractivity contribution in [3.8, 4) is 0 Å². The average molecular weight is 273 g/mol. The van der Waals surface area contributed by atoms with Gasteiger partial charge in [-0.2, -0.15) is 0 Å². The standard InChI is InChI=1S/C16H31FO2/c17-15-13-11-9-7-5-3-1-2-4-6-8-10-12-14-16(18)19/h1-15H2,(H,18,19)/i17-1. The number of aliphatic carboxylic acids is 1. The lowest BCUT2D eigenvalue weighted by molar-refractivity contribution is -0.137. The van der Waals surface area contributed by atoms with Gasteiger partial charge >= 0.3 is 5.97 Å². The van der Waals surface area contributed by atoms with Gasteiger partial charge in [0.15, 0.2) is 0 Å². The molecular formula is C16H31FO2. The molecular weight excluding hydrogens is 242 g/mol. The highest BCUT2D eigenvalue weighted by Crippen LogP contribution is 2.12. The zero-order valence-electron chi connectivity index (χ0n) is 12.3. The van der Waals surface area contributed by atoms with Crippen molar-refractivity contribution in [1.82, 2.24) is 0 Å². The molecule has 0 radical (unpaired) electrons. The fourth-order valence-corrected chi connectivity index (χ4v) is 2.32. The van der Waals surface area contributed by atoms with Gasteiger partial charge in [-0.1, -0.05) is 70.6 Å². The molecule has 3 heteroatoms. The van der Waals surface area contributed by atoms with Crippen molar-refractivity contribution in [1.29, 1.82) is 0 Å². The number of rotatable bonds is 15. The van der Waals surface area contributed by atoms with Crippen molar-refractivity contribution in [2.75, 3.05) is 6.67 Å². The van der Waals surface area contributed by atoms with Gasteiger partial charge in [0.25, 0.3) is 0 Å². The van der Waals surface area contributed by atoms with E-state index in [4.69, 9.17) is 5.11 Å². The Morgan fingerprint density at radius 1 is 0.632 bits per heavy atom. The predicted octanol–water partition coefficient (Wildman–Crippen LogP) is 5.50. The zero-order chi connectivity index (χ0) is 14.2. The summed E-state index contributed by atoms with van der Waals surface area (Å²) in [4.78, 5) is 10.3. The molecule has 0 amide bonds. The van der Waals surface area contributed by atoms with Crippen LogP contribution in [0, 0.1) is 0 Å².